The highest BCUT2D eigenvalue weighted by Gasteiger charge is 1.96. The Morgan fingerprint density at radius 1 is 1.36 bits per heavy atom. The third kappa shape index (κ3) is 1.90. The van der Waals surface area contributed by atoms with Gasteiger partial charge in [0.15, 0.2) is 0 Å². The fourth-order valence-electron chi connectivity index (χ4n) is 1.07. The predicted octanol–water partition coefficient (Wildman–Crippen LogP) is 1.96. The first-order valence-electron chi connectivity index (χ1n) is 3.65. The predicted molar refractivity (Wildman–Crippen MR) is 45.3 cm³/mol. The molecule has 1 radical (unpaired) electrons. The summed E-state index contributed by atoms with van der Waals surface area (Å²) in [4.78, 5) is 10.1. The highest BCUT2D eigenvalue weighted by atomic mass is 16.1. The quantitative estimate of drug-likeness (QED) is 0.625. The molecule has 1 aromatic carbocycles. The summed E-state index contributed by atoms with van der Waals surface area (Å²) in [6.45, 7) is 4.03. The van der Waals surface area contributed by atoms with Gasteiger partial charge in [-0.05, 0) is 25.0 Å². The van der Waals surface area contributed by atoms with Gasteiger partial charge in [-0.1, -0.05) is 23.8 Å². The Morgan fingerprint density at radius 3 is 2.73 bits per heavy atom. The summed E-state index contributed by atoms with van der Waals surface area (Å²) in [6, 6.07) is 6.10. The summed E-state index contributed by atoms with van der Waals surface area (Å²) < 4.78 is 0. The molecule has 0 heterocycles. The van der Waals surface area contributed by atoms with Crippen LogP contribution in [0.25, 0.3) is 0 Å². The van der Waals surface area contributed by atoms with E-state index in [1.165, 1.54) is 11.1 Å². The maximum absolute atomic E-state index is 10.1. The summed E-state index contributed by atoms with van der Waals surface area (Å²) in [7, 11) is 0. The van der Waals surface area contributed by atoms with Crippen molar-refractivity contribution >= 4 is 6.29 Å². The van der Waals surface area contributed by atoms with Crippen LogP contribution in [0.1, 0.15) is 16.7 Å². The zero-order chi connectivity index (χ0) is 8.27. The van der Waals surface area contributed by atoms with E-state index in [4.69, 9.17) is 0 Å². The summed E-state index contributed by atoms with van der Waals surface area (Å²) in [6.07, 6.45) is 2.31. The molecule has 0 amide bonds. The van der Waals surface area contributed by atoms with Gasteiger partial charge in [-0.3, -0.25) is 4.79 Å². The highest BCUT2D eigenvalue weighted by Crippen LogP contribution is 2.09. The van der Waals surface area contributed by atoms with Crippen LogP contribution >= 0.6 is 0 Å². The number of benzene rings is 1. The molecular weight excluding hydrogens is 136 g/mol. The van der Waals surface area contributed by atoms with Crippen LogP contribution in [-0.2, 0) is 11.2 Å². The topological polar surface area (TPSA) is 17.1 Å². The molecule has 57 valence electrons. The second kappa shape index (κ2) is 3.33. The van der Waals surface area contributed by atoms with Gasteiger partial charge >= 0.3 is 0 Å². The van der Waals surface area contributed by atoms with Crippen molar-refractivity contribution in [2.75, 3.05) is 0 Å². The van der Waals surface area contributed by atoms with Crippen molar-refractivity contribution in [2.45, 2.75) is 20.3 Å². The summed E-state index contributed by atoms with van der Waals surface area (Å²) in [5, 5.41) is 0. The minimum atomic E-state index is 0.410. The lowest BCUT2D eigenvalue weighted by atomic mass is 10.0. The molecule has 1 aromatic rings. The molecule has 0 spiro atoms. The molecule has 0 fully saturated rings. The third-order valence-corrected chi connectivity index (χ3v) is 1.77. The number of hydrogen-bond acceptors (Lipinski definition) is 1. The van der Waals surface area contributed by atoms with E-state index < -0.39 is 0 Å². The number of rotatable bonds is 2. The first kappa shape index (κ1) is 7.99. The SMILES string of the molecule is Cc1ccc(C)c(C[C]=O)c1. The van der Waals surface area contributed by atoms with Gasteiger partial charge < -0.3 is 0 Å². The highest BCUT2D eigenvalue weighted by molar-refractivity contribution is 5.57. The van der Waals surface area contributed by atoms with Gasteiger partial charge in [-0.15, -0.1) is 0 Å². The molecule has 0 saturated carbocycles. The van der Waals surface area contributed by atoms with Crippen molar-refractivity contribution in [1.82, 2.24) is 0 Å². The van der Waals surface area contributed by atoms with Gasteiger partial charge in [0.1, 0.15) is 0 Å². The molecule has 0 aliphatic heterocycles. The Balaban J connectivity index is 3.01. The normalized spacial score (nSPS) is 9.64. The van der Waals surface area contributed by atoms with E-state index in [9.17, 15) is 4.79 Å². The second-order valence-electron chi connectivity index (χ2n) is 2.75. The molecule has 0 bridgehead atoms. The smallest absolute Gasteiger partial charge is 0.203 e. The molecule has 0 N–H and O–H groups in total. The van der Waals surface area contributed by atoms with Crippen molar-refractivity contribution in [3.63, 3.8) is 0 Å². The monoisotopic (exact) mass is 147 g/mol. The standard InChI is InChI=1S/C10H11O/c1-8-3-4-9(2)10(7-8)5-6-11/h3-4,7H,5H2,1-2H3. The maximum Gasteiger partial charge on any atom is 0.203 e. The fraction of sp³-hybridized carbons (Fsp3) is 0.300. The van der Waals surface area contributed by atoms with Gasteiger partial charge in [0.05, 0.1) is 0 Å². The first-order valence-corrected chi connectivity index (χ1v) is 3.65. The largest absolute Gasteiger partial charge is 0.291 e. The molecular formula is C10H11O. The zero-order valence-electron chi connectivity index (χ0n) is 6.85. The summed E-state index contributed by atoms with van der Waals surface area (Å²) >= 11 is 0. The van der Waals surface area contributed by atoms with Crippen LogP contribution in [0.3, 0.4) is 0 Å². The van der Waals surface area contributed by atoms with Crippen molar-refractivity contribution in [3.8, 4) is 0 Å². The Labute approximate surface area is 67.1 Å². The van der Waals surface area contributed by atoms with Crippen molar-refractivity contribution < 1.29 is 4.79 Å². The first-order chi connectivity index (χ1) is 5.24. The minimum absolute atomic E-state index is 0.410. The maximum atomic E-state index is 10.1. The number of aryl methyl sites for hydroxylation is 2. The van der Waals surface area contributed by atoms with Crippen LogP contribution in [-0.4, -0.2) is 6.29 Å². The molecule has 1 rings (SSSR count). The Bertz CT molecular complexity index is 264. The molecule has 0 atom stereocenters. The Hall–Kier alpha value is -1.11. The van der Waals surface area contributed by atoms with E-state index in [-0.39, 0.29) is 0 Å². The average molecular weight is 147 g/mol. The van der Waals surface area contributed by atoms with Crippen LogP contribution < -0.4 is 0 Å². The van der Waals surface area contributed by atoms with Gasteiger partial charge in [0.2, 0.25) is 6.29 Å². The van der Waals surface area contributed by atoms with Crippen LogP contribution in [0.4, 0.5) is 0 Å². The number of carbonyl (C=O) groups excluding carboxylic acids is 1. The molecule has 0 unspecified atom stereocenters. The summed E-state index contributed by atoms with van der Waals surface area (Å²) in [5.74, 6) is 0. The van der Waals surface area contributed by atoms with Crippen LogP contribution in [0.2, 0.25) is 0 Å². The lowest BCUT2D eigenvalue weighted by molar-refractivity contribution is 0.555. The van der Waals surface area contributed by atoms with Crippen LogP contribution in [0.5, 0.6) is 0 Å². The van der Waals surface area contributed by atoms with E-state index in [2.05, 4.69) is 0 Å². The molecule has 1 nitrogen and oxygen atoms in total. The third-order valence-electron chi connectivity index (χ3n) is 1.77. The number of hydrogen-bond donors (Lipinski definition) is 0. The van der Waals surface area contributed by atoms with E-state index in [1.54, 1.807) is 0 Å². The van der Waals surface area contributed by atoms with Crippen molar-refractivity contribution in [1.29, 1.82) is 0 Å². The minimum Gasteiger partial charge on any atom is -0.291 e. The molecule has 0 saturated heterocycles. The molecule has 0 aliphatic carbocycles. The van der Waals surface area contributed by atoms with Gasteiger partial charge in [0.25, 0.3) is 0 Å². The van der Waals surface area contributed by atoms with Gasteiger partial charge in [-0.25, -0.2) is 0 Å². The van der Waals surface area contributed by atoms with E-state index in [0.29, 0.717) is 6.42 Å². The lowest BCUT2D eigenvalue weighted by Gasteiger charge is -2.01. The molecule has 0 aliphatic rings. The Kier molecular flexibility index (Phi) is 2.42. The Morgan fingerprint density at radius 2 is 2.09 bits per heavy atom. The van der Waals surface area contributed by atoms with E-state index in [0.717, 1.165) is 5.56 Å². The lowest BCUT2D eigenvalue weighted by Crippen LogP contribution is -1.90. The van der Waals surface area contributed by atoms with Crippen LogP contribution in [0, 0.1) is 13.8 Å². The van der Waals surface area contributed by atoms with Crippen LogP contribution in [0.15, 0.2) is 18.2 Å². The van der Waals surface area contributed by atoms with Crippen molar-refractivity contribution in [2.24, 2.45) is 0 Å². The van der Waals surface area contributed by atoms with E-state index >= 15 is 0 Å². The van der Waals surface area contributed by atoms with Crippen molar-refractivity contribution in [3.05, 3.63) is 34.9 Å². The summed E-state index contributed by atoms with van der Waals surface area (Å²) in [5.41, 5.74) is 3.44. The molecule has 1 heteroatoms. The molecule has 11 heavy (non-hydrogen) atoms. The fourth-order valence-corrected chi connectivity index (χ4v) is 1.07. The van der Waals surface area contributed by atoms with E-state index in [1.807, 2.05) is 38.3 Å². The zero-order valence-corrected chi connectivity index (χ0v) is 6.85. The molecule has 0 aromatic heterocycles. The average Bonchev–Trinajstić information content (AvgIpc) is 1.98. The second-order valence-corrected chi connectivity index (χ2v) is 2.75. The van der Waals surface area contributed by atoms with Gasteiger partial charge in [-0.2, -0.15) is 0 Å². The van der Waals surface area contributed by atoms with Gasteiger partial charge in [0, 0.05) is 6.42 Å².